The summed E-state index contributed by atoms with van der Waals surface area (Å²) in [4.78, 5) is 30.2. The Balaban J connectivity index is 1.71. The monoisotopic (exact) mass is 312 g/mol. The van der Waals surface area contributed by atoms with Gasteiger partial charge < -0.3 is 20.1 Å². The Bertz CT molecular complexity index is 501. The summed E-state index contributed by atoms with van der Waals surface area (Å²) in [5.41, 5.74) is 0.576. The Morgan fingerprint density at radius 2 is 2.28 bits per heavy atom. The molecule has 1 aromatic rings. The highest BCUT2D eigenvalue weighted by atomic mass is 79.9. The number of aromatic nitrogens is 1. The second-order valence-electron chi connectivity index (χ2n) is 4.52. The van der Waals surface area contributed by atoms with Gasteiger partial charge in [-0.05, 0) is 22.0 Å². The Hall–Kier alpha value is -1.50. The van der Waals surface area contributed by atoms with E-state index in [-0.39, 0.29) is 18.0 Å². The number of H-pyrrole nitrogens is 1. The van der Waals surface area contributed by atoms with Gasteiger partial charge in [0.2, 0.25) is 0 Å². The summed E-state index contributed by atoms with van der Waals surface area (Å²) >= 11 is 3.31. The van der Waals surface area contributed by atoms with Gasteiger partial charge in [-0.2, -0.15) is 0 Å². The zero-order valence-corrected chi connectivity index (χ0v) is 11.2. The number of hydrogen-bond acceptors (Lipinski definition) is 2. The van der Waals surface area contributed by atoms with Crippen molar-refractivity contribution in [2.75, 3.05) is 26.2 Å². The van der Waals surface area contributed by atoms with E-state index in [1.165, 1.54) is 0 Å². The maximum atomic E-state index is 12.2. The van der Waals surface area contributed by atoms with Gasteiger partial charge in [-0.25, -0.2) is 4.79 Å². The minimum Gasteiger partial charge on any atom is -0.356 e. The topological polar surface area (TPSA) is 68.4 Å². The quantitative estimate of drug-likeness (QED) is 0.798. The van der Waals surface area contributed by atoms with Crippen LogP contribution in [0.15, 0.2) is 16.7 Å². The summed E-state index contributed by atoms with van der Waals surface area (Å²) in [7, 11) is 0. The van der Waals surface area contributed by atoms with E-state index in [0.29, 0.717) is 31.9 Å². The fourth-order valence-corrected chi connectivity index (χ4v) is 2.79. The van der Waals surface area contributed by atoms with Gasteiger partial charge in [0, 0.05) is 36.8 Å². The SMILES string of the molecule is O=C(c1cc(Br)c[nH]1)N1CCN2C(=O)NCC2C1. The average Bonchev–Trinajstić information content (AvgIpc) is 2.95. The lowest BCUT2D eigenvalue weighted by molar-refractivity contribution is 0.0612. The van der Waals surface area contributed by atoms with E-state index in [1.54, 1.807) is 22.1 Å². The summed E-state index contributed by atoms with van der Waals surface area (Å²) in [6, 6.07) is 1.86. The largest absolute Gasteiger partial charge is 0.356 e. The molecule has 2 aliphatic rings. The minimum absolute atomic E-state index is 0.0142. The zero-order valence-electron chi connectivity index (χ0n) is 9.65. The molecule has 0 saturated carbocycles. The predicted molar refractivity (Wildman–Crippen MR) is 68.3 cm³/mol. The van der Waals surface area contributed by atoms with E-state index in [2.05, 4.69) is 26.2 Å². The number of carbonyl (C=O) groups excluding carboxylic acids is 2. The number of aromatic amines is 1. The lowest BCUT2D eigenvalue weighted by atomic mass is 10.2. The van der Waals surface area contributed by atoms with Crippen LogP contribution >= 0.6 is 15.9 Å². The smallest absolute Gasteiger partial charge is 0.317 e. The first-order chi connectivity index (χ1) is 8.65. The molecule has 0 spiro atoms. The van der Waals surface area contributed by atoms with Crippen molar-refractivity contribution in [2.24, 2.45) is 0 Å². The van der Waals surface area contributed by atoms with Crippen LogP contribution in [0.3, 0.4) is 0 Å². The van der Waals surface area contributed by atoms with Crippen LogP contribution in [0.25, 0.3) is 0 Å². The van der Waals surface area contributed by atoms with Crippen molar-refractivity contribution in [3.8, 4) is 0 Å². The van der Waals surface area contributed by atoms with Gasteiger partial charge >= 0.3 is 6.03 Å². The van der Waals surface area contributed by atoms with Crippen molar-refractivity contribution in [1.82, 2.24) is 20.1 Å². The van der Waals surface area contributed by atoms with Crippen molar-refractivity contribution >= 4 is 27.9 Å². The third kappa shape index (κ3) is 1.88. The summed E-state index contributed by atoms with van der Waals surface area (Å²) in [6.45, 7) is 2.40. The van der Waals surface area contributed by atoms with Crippen molar-refractivity contribution in [3.63, 3.8) is 0 Å². The van der Waals surface area contributed by atoms with Gasteiger partial charge in [0.15, 0.2) is 0 Å². The molecule has 2 saturated heterocycles. The molecule has 3 amide bonds. The van der Waals surface area contributed by atoms with Crippen LogP contribution < -0.4 is 5.32 Å². The number of nitrogens with one attached hydrogen (secondary N) is 2. The van der Waals surface area contributed by atoms with E-state index in [0.717, 1.165) is 4.47 Å². The molecule has 3 heterocycles. The van der Waals surface area contributed by atoms with Crippen LogP contribution in [0.5, 0.6) is 0 Å². The van der Waals surface area contributed by atoms with Crippen LogP contribution in [0.4, 0.5) is 4.79 Å². The fraction of sp³-hybridized carbons (Fsp3) is 0.455. The molecule has 0 radical (unpaired) electrons. The summed E-state index contributed by atoms with van der Waals surface area (Å²) in [6.07, 6.45) is 1.74. The van der Waals surface area contributed by atoms with Crippen LogP contribution in [-0.2, 0) is 0 Å². The summed E-state index contributed by atoms with van der Waals surface area (Å²) in [5, 5.41) is 2.80. The van der Waals surface area contributed by atoms with Crippen LogP contribution in [0, 0.1) is 0 Å². The van der Waals surface area contributed by atoms with Crippen molar-refractivity contribution in [2.45, 2.75) is 6.04 Å². The first-order valence-corrected chi connectivity index (χ1v) is 6.62. The number of urea groups is 1. The van der Waals surface area contributed by atoms with Crippen LogP contribution in [0.2, 0.25) is 0 Å². The van der Waals surface area contributed by atoms with Crippen LogP contribution in [0.1, 0.15) is 10.5 Å². The van der Waals surface area contributed by atoms with Gasteiger partial charge in [0.1, 0.15) is 5.69 Å². The molecule has 0 aliphatic carbocycles. The van der Waals surface area contributed by atoms with Gasteiger partial charge in [0.05, 0.1) is 6.04 Å². The maximum Gasteiger partial charge on any atom is 0.317 e. The van der Waals surface area contributed by atoms with E-state index < -0.39 is 0 Å². The lowest BCUT2D eigenvalue weighted by Crippen LogP contribution is -2.53. The Morgan fingerprint density at radius 1 is 1.44 bits per heavy atom. The molecule has 2 aliphatic heterocycles. The fourth-order valence-electron chi connectivity index (χ4n) is 2.45. The van der Waals surface area contributed by atoms with E-state index in [1.807, 2.05) is 0 Å². The predicted octanol–water partition coefficient (Wildman–Crippen LogP) is 0.627. The van der Waals surface area contributed by atoms with Gasteiger partial charge in [-0.15, -0.1) is 0 Å². The normalized spacial score (nSPS) is 22.9. The molecule has 18 heavy (non-hydrogen) atoms. The number of piperazine rings is 1. The molecule has 7 heteroatoms. The molecule has 96 valence electrons. The van der Waals surface area contributed by atoms with Crippen molar-refractivity contribution in [1.29, 1.82) is 0 Å². The molecule has 1 atom stereocenters. The number of fused-ring (bicyclic) bond motifs is 1. The molecule has 1 unspecified atom stereocenters. The molecule has 1 aromatic heterocycles. The highest BCUT2D eigenvalue weighted by Crippen LogP contribution is 2.17. The number of hydrogen-bond donors (Lipinski definition) is 2. The number of halogens is 1. The van der Waals surface area contributed by atoms with E-state index in [9.17, 15) is 9.59 Å². The van der Waals surface area contributed by atoms with Gasteiger partial charge in [0.25, 0.3) is 5.91 Å². The Morgan fingerprint density at radius 3 is 3.00 bits per heavy atom. The third-order valence-corrected chi connectivity index (χ3v) is 3.86. The maximum absolute atomic E-state index is 12.2. The molecule has 6 nitrogen and oxygen atoms in total. The average molecular weight is 313 g/mol. The molecule has 0 aromatic carbocycles. The Labute approximate surface area is 112 Å². The number of amides is 3. The molecule has 3 rings (SSSR count). The second kappa shape index (κ2) is 4.31. The first-order valence-electron chi connectivity index (χ1n) is 5.83. The number of nitrogens with zero attached hydrogens (tertiary/aromatic N) is 2. The highest BCUT2D eigenvalue weighted by Gasteiger charge is 2.37. The molecule has 2 fully saturated rings. The zero-order chi connectivity index (χ0) is 12.7. The standard InChI is InChI=1S/C11H13BrN4O2/c12-7-3-9(13-4-7)10(17)15-1-2-16-8(6-15)5-14-11(16)18/h3-4,8,13H,1-2,5-6H2,(H,14,18). The number of carbonyl (C=O) groups is 2. The summed E-state index contributed by atoms with van der Waals surface area (Å²) in [5.74, 6) is -0.0142. The highest BCUT2D eigenvalue weighted by molar-refractivity contribution is 9.10. The summed E-state index contributed by atoms with van der Waals surface area (Å²) < 4.78 is 0.863. The van der Waals surface area contributed by atoms with Crippen molar-refractivity contribution < 1.29 is 9.59 Å². The van der Waals surface area contributed by atoms with E-state index in [4.69, 9.17) is 0 Å². The Kier molecular flexibility index (Phi) is 2.77. The third-order valence-electron chi connectivity index (χ3n) is 3.40. The number of rotatable bonds is 1. The van der Waals surface area contributed by atoms with Gasteiger partial charge in [-0.3, -0.25) is 4.79 Å². The molecule has 0 bridgehead atoms. The molecular weight excluding hydrogens is 300 g/mol. The minimum atomic E-state index is -0.0188. The van der Waals surface area contributed by atoms with Crippen molar-refractivity contribution in [3.05, 3.63) is 22.4 Å². The first kappa shape index (κ1) is 11.6. The second-order valence-corrected chi connectivity index (χ2v) is 5.43. The van der Waals surface area contributed by atoms with E-state index >= 15 is 0 Å². The molecular formula is C11H13BrN4O2. The molecule has 2 N–H and O–H groups in total. The van der Waals surface area contributed by atoms with Gasteiger partial charge in [-0.1, -0.05) is 0 Å². The van der Waals surface area contributed by atoms with Crippen LogP contribution in [-0.4, -0.2) is 58.9 Å². The lowest BCUT2D eigenvalue weighted by Gasteiger charge is -2.36.